The van der Waals surface area contributed by atoms with Gasteiger partial charge < -0.3 is 10.2 Å². The van der Waals surface area contributed by atoms with Crippen molar-refractivity contribution in [3.8, 4) is 0 Å². The zero-order valence-electron chi connectivity index (χ0n) is 13.2. The van der Waals surface area contributed by atoms with Crippen molar-refractivity contribution in [2.24, 2.45) is 0 Å². The van der Waals surface area contributed by atoms with Crippen LogP contribution < -0.4 is 5.32 Å². The molecule has 1 unspecified atom stereocenters. The van der Waals surface area contributed by atoms with E-state index in [1.165, 1.54) is 83.8 Å². The van der Waals surface area contributed by atoms with E-state index in [9.17, 15) is 0 Å². The molecule has 2 fully saturated rings. The standard InChI is InChI=1S/C17H34N2/c1-3-5-6-7-8-9-16(4-2)19-14-11-17(12-15-19)10-13-18-17/h16,18H,3-15H2,1-2H3. The van der Waals surface area contributed by atoms with Gasteiger partial charge in [-0.1, -0.05) is 46.0 Å². The number of nitrogens with zero attached hydrogens (tertiary/aromatic N) is 1. The third kappa shape index (κ3) is 4.19. The molecule has 2 rings (SSSR count). The van der Waals surface area contributed by atoms with E-state index in [1.54, 1.807) is 0 Å². The van der Waals surface area contributed by atoms with Crippen LogP contribution in [0.1, 0.15) is 78.1 Å². The van der Waals surface area contributed by atoms with E-state index in [1.807, 2.05) is 0 Å². The van der Waals surface area contributed by atoms with Crippen LogP contribution in [0.5, 0.6) is 0 Å². The minimum atomic E-state index is 0.565. The van der Waals surface area contributed by atoms with Gasteiger partial charge in [0.2, 0.25) is 0 Å². The first-order valence-electron chi connectivity index (χ1n) is 8.79. The molecular formula is C17H34N2. The molecule has 0 saturated carbocycles. The number of unbranched alkanes of at least 4 members (excludes halogenated alkanes) is 4. The first kappa shape index (κ1) is 15.3. The second kappa shape index (κ2) is 7.64. The summed E-state index contributed by atoms with van der Waals surface area (Å²) in [5.41, 5.74) is 0.565. The van der Waals surface area contributed by atoms with Crippen LogP contribution in [0.3, 0.4) is 0 Å². The Kier molecular flexibility index (Phi) is 6.15. The van der Waals surface area contributed by atoms with Gasteiger partial charge in [-0.05, 0) is 38.6 Å². The van der Waals surface area contributed by atoms with Crippen molar-refractivity contribution in [3.63, 3.8) is 0 Å². The summed E-state index contributed by atoms with van der Waals surface area (Å²) in [6.07, 6.45) is 14.1. The quantitative estimate of drug-likeness (QED) is 0.669. The molecule has 0 bridgehead atoms. The van der Waals surface area contributed by atoms with Crippen molar-refractivity contribution < 1.29 is 0 Å². The van der Waals surface area contributed by atoms with E-state index in [4.69, 9.17) is 0 Å². The van der Waals surface area contributed by atoms with Crippen LogP contribution in [0, 0.1) is 0 Å². The van der Waals surface area contributed by atoms with Gasteiger partial charge in [0.25, 0.3) is 0 Å². The van der Waals surface area contributed by atoms with Crippen molar-refractivity contribution >= 4 is 0 Å². The lowest BCUT2D eigenvalue weighted by Crippen LogP contribution is -2.62. The predicted molar refractivity (Wildman–Crippen MR) is 83.6 cm³/mol. The molecule has 1 spiro atoms. The summed E-state index contributed by atoms with van der Waals surface area (Å²) in [4.78, 5) is 2.78. The van der Waals surface area contributed by atoms with Crippen LogP contribution in [-0.4, -0.2) is 36.1 Å². The third-order valence-electron chi connectivity index (χ3n) is 5.49. The number of rotatable bonds is 8. The smallest absolute Gasteiger partial charge is 0.0217 e. The molecule has 2 heterocycles. The molecule has 1 atom stereocenters. The van der Waals surface area contributed by atoms with Crippen molar-refractivity contribution in [2.75, 3.05) is 19.6 Å². The zero-order chi connectivity index (χ0) is 13.6. The summed E-state index contributed by atoms with van der Waals surface area (Å²) in [6, 6.07) is 0.860. The number of piperidine rings is 1. The van der Waals surface area contributed by atoms with E-state index in [2.05, 4.69) is 24.1 Å². The number of likely N-dealkylation sites (tertiary alicyclic amines) is 1. The molecule has 2 nitrogen and oxygen atoms in total. The van der Waals surface area contributed by atoms with Gasteiger partial charge in [0.15, 0.2) is 0 Å². The SMILES string of the molecule is CCCCCCCC(CC)N1CCC2(CCN2)CC1. The average Bonchev–Trinajstić information content (AvgIpc) is 2.41. The summed E-state index contributed by atoms with van der Waals surface area (Å²) in [5.74, 6) is 0. The Morgan fingerprint density at radius 1 is 1.00 bits per heavy atom. The van der Waals surface area contributed by atoms with Gasteiger partial charge in [0, 0.05) is 24.7 Å². The van der Waals surface area contributed by atoms with E-state index < -0.39 is 0 Å². The maximum atomic E-state index is 3.68. The molecule has 2 aliphatic rings. The van der Waals surface area contributed by atoms with E-state index in [0.717, 1.165) is 6.04 Å². The molecule has 0 aromatic heterocycles. The predicted octanol–water partition coefficient (Wildman–Crippen LogP) is 3.95. The summed E-state index contributed by atoms with van der Waals surface area (Å²) < 4.78 is 0. The molecular weight excluding hydrogens is 232 g/mol. The highest BCUT2D eigenvalue weighted by molar-refractivity contribution is 5.00. The van der Waals surface area contributed by atoms with Crippen LogP contribution in [0.2, 0.25) is 0 Å². The molecule has 19 heavy (non-hydrogen) atoms. The number of hydrogen-bond donors (Lipinski definition) is 1. The van der Waals surface area contributed by atoms with Crippen LogP contribution >= 0.6 is 0 Å². The first-order chi connectivity index (χ1) is 9.29. The van der Waals surface area contributed by atoms with Crippen LogP contribution in [0.15, 0.2) is 0 Å². The van der Waals surface area contributed by atoms with Gasteiger partial charge in [-0.25, -0.2) is 0 Å². The molecule has 0 amide bonds. The average molecular weight is 266 g/mol. The van der Waals surface area contributed by atoms with Crippen molar-refractivity contribution in [1.29, 1.82) is 0 Å². The fraction of sp³-hybridized carbons (Fsp3) is 1.00. The maximum Gasteiger partial charge on any atom is 0.0217 e. The Morgan fingerprint density at radius 2 is 1.68 bits per heavy atom. The van der Waals surface area contributed by atoms with Gasteiger partial charge in [-0.2, -0.15) is 0 Å². The maximum absolute atomic E-state index is 3.68. The lowest BCUT2D eigenvalue weighted by molar-refractivity contribution is 0.0558. The molecule has 2 saturated heterocycles. The molecule has 0 aliphatic carbocycles. The fourth-order valence-electron chi connectivity index (χ4n) is 3.85. The molecule has 1 N–H and O–H groups in total. The highest BCUT2D eigenvalue weighted by Crippen LogP contribution is 2.32. The van der Waals surface area contributed by atoms with E-state index >= 15 is 0 Å². The van der Waals surface area contributed by atoms with Gasteiger partial charge in [-0.15, -0.1) is 0 Å². The van der Waals surface area contributed by atoms with Crippen LogP contribution in [0.4, 0.5) is 0 Å². The van der Waals surface area contributed by atoms with E-state index in [0.29, 0.717) is 5.54 Å². The normalized spacial score (nSPS) is 24.3. The lowest BCUT2D eigenvalue weighted by Gasteiger charge is -2.50. The fourth-order valence-corrected chi connectivity index (χ4v) is 3.85. The zero-order valence-corrected chi connectivity index (χ0v) is 13.2. The minimum Gasteiger partial charge on any atom is -0.311 e. The molecule has 0 aromatic carbocycles. The minimum absolute atomic E-state index is 0.565. The highest BCUT2D eigenvalue weighted by Gasteiger charge is 2.39. The Bertz CT molecular complexity index is 238. The van der Waals surface area contributed by atoms with Crippen molar-refractivity contribution in [1.82, 2.24) is 10.2 Å². The Morgan fingerprint density at radius 3 is 2.21 bits per heavy atom. The summed E-state index contributed by atoms with van der Waals surface area (Å²) in [5, 5.41) is 3.68. The Labute approximate surface area is 120 Å². The topological polar surface area (TPSA) is 15.3 Å². The van der Waals surface area contributed by atoms with Gasteiger partial charge >= 0.3 is 0 Å². The molecule has 112 valence electrons. The van der Waals surface area contributed by atoms with Gasteiger partial charge in [0.1, 0.15) is 0 Å². The summed E-state index contributed by atoms with van der Waals surface area (Å²) in [6.45, 7) is 8.60. The molecule has 0 aromatic rings. The third-order valence-corrected chi connectivity index (χ3v) is 5.49. The van der Waals surface area contributed by atoms with Gasteiger partial charge in [-0.3, -0.25) is 0 Å². The van der Waals surface area contributed by atoms with Crippen molar-refractivity contribution in [2.45, 2.75) is 89.6 Å². The van der Waals surface area contributed by atoms with Crippen molar-refractivity contribution in [3.05, 3.63) is 0 Å². The molecule has 0 radical (unpaired) electrons. The number of nitrogens with one attached hydrogen (secondary N) is 1. The first-order valence-corrected chi connectivity index (χ1v) is 8.79. The molecule has 2 heteroatoms. The summed E-state index contributed by atoms with van der Waals surface area (Å²) in [7, 11) is 0. The second-order valence-corrected chi connectivity index (χ2v) is 6.76. The van der Waals surface area contributed by atoms with E-state index in [-0.39, 0.29) is 0 Å². The lowest BCUT2D eigenvalue weighted by atomic mass is 9.78. The highest BCUT2D eigenvalue weighted by atomic mass is 15.2. The Balaban J connectivity index is 1.64. The second-order valence-electron chi connectivity index (χ2n) is 6.76. The van der Waals surface area contributed by atoms with Crippen LogP contribution in [-0.2, 0) is 0 Å². The Hall–Kier alpha value is -0.0800. The molecule has 2 aliphatic heterocycles. The van der Waals surface area contributed by atoms with Gasteiger partial charge in [0.05, 0.1) is 0 Å². The van der Waals surface area contributed by atoms with Crippen LogP contribution in [0.25, 0.3) is 0 Å². The number of hydrogen-bond acceptors (Lipinski definition) is 2. The largest absolute Gasteiger partial charge is 0.311 e. The monoisotopic (exact) mass is 266 g/mol. The summed E-state index contributed by atoms with van der Waals surface area (Å²) >= 11 is 0.